The highest BCUT2D eigenvalue weighted by atomic mass is 19.1. The molecular weight excluding hydrogens is 179 g/mol. The molecule has 14 heavy (non-hydrogen) atoms. The highest BCUT2D eigenvalue weighted by molar-refractivity contribution is 4.83. The molecule has 1 fully saturated rings. The molecule has 0 spiro atoms. The summed E-state index contributed by atoms with van der Waals surface area (Å²) in [7, 11) is 0. The van der Waals surface area contributed by atoms with E-state index in [1.54, 1.807) is 0 Å². The number of hydrogen-bond donors (Lipinski definition) is 2. The Kier molecular flexibility index (Phi) is 4.32. The average molecular weight is 202 g/mol. The van der Waals surface area contributed by atoms with Gasteiger partial charge in [0, 0.05) is 18.1 Å². The Morgan fingerprint density at radius 1 is 1.43 bits per heavy atom. The number of rotatable bonds is 3. The second-order valence-corrected chi connectivity index (χ2v) is 5.20. The predicted octanol–water partition coefficient (Wildman–Crippen LogP) is 1.85. The molecule has 0 saturated carbocycles. The first kappa shape index (κ1) is 11.9. The van der Waals surface area contributed by atoms with Crippen molar-refractivity contribution >= 4 is 0 Å². The van der Waals surface area contributed by atoms with Gasteiger partial charge in [0.05, 0.1) is 0 Å². The van der Waals surface area contributed by atoms with Crippen molar-refractivity contribution in [3.05, 3.63) is 0 Å². The van der Waals surface area contributed by atoms with Crippen LogP contribution in [-0.2, 0) is 0 Å². The van der Waals surface area contributed by atoms with Gasteiger partial charge in [-0.3, -0.25) is 0 Å². The molecule has 3 heteroatoms. The first-order valence-corrected chi connectivity index (χ1v) is 5.61. The van der Waals surface area contributed by atoms with Gasteiger partial charge in [0.25, 0.3) is 0 Å². The van der Waals surface area contributed by atoms with Crippen LogP contribution in [0.25, 0.3) is 0 Å². The lowest BCUT2D eigenvalue weighted by atomic mass is 10.00. The van der Waals surface area contributed by atoms with E-state index in [0.29, 0.717) is 6.54 Å². The van der Waals surface area contributed by atoms with Crippen LogP contribution in [0.2, 0.25) is 0 Å². The van der Waals surface area contributed by atoms with E-state index < -0.39 is 6.17 Å². The van der Waals surface area contributed by atoms with E-state index in [1.165, 1.54) is 6.42 Å². The molecular formula is C11H23FN2. The SMILES string of the molecule is CC(C)(C)NCC(F)C1CCCCN1. The van der Waals surface area contributed by atoms with Gasteiger partial charge in [-0.15, -0.1) is 0 Å². The van der Waals surface area contributed by atoms with Gasteiger partial charge in [0.2, 0.25) is 0 Å². The molecule has 0 aliphatic carbocycles. The van der Waals surface area contributed by atoms with E-state index in [1.807, 2.05) is 0 Å². The maximum Gasteiger partial charge on any atom is 0.128 e. The molecule has 2 nitrogen and oxygen atoms in total. The number of nitrogens with one attached hydrogen (secondary N) is 2. The van der Waals surface area contributed by atoms with Crippen LogP contribution < -0.4 is 10.6 Å². The Balaban J connectivity index is 2.23. The molecule has 2 atom stereocenters. The molecule has 0 aromatic heterocycles. The van der Waals surface area contributed by atoms with E-state index in [9.17, 15) is 4.39 Å². The van der Waals surface area contributed by atoms with Crippen LogP contribution in [0.3, 0.4) is 0 Å². The first-order valence-electron chi connectivity index (χ1n) is 5.61. The third-order valence-corrected chi connectivity index (χ3v) is 2.61. The molecule has 1 rings (SSSR count). The third kappa shape index (κ3) is 4.38. The predicted molar refractivity (Wildman–Crippen MR) is 58.3 cm³/mol. The van der Waals surface area contributed by atoms with Crippen LogP contribution in [0.4, 0.5) is 4.39 Å². The lowest BCUT2D eigenvalue weighted by molar-refractivity contribution is 0.200. The molecule has 1 heterocycles. The van der Waals surface area contributed by atoms with Crippen molar-refractivity contribution in [3.8, 4) is 0 Å². The van der Waals surface area contributed by atoms with E-state index in [2.05, 4.69) is 31.4 Å². The maximum absolute atomic E-state index is 13.7. The van der Waals surface area contributed by atoms with Crippen molar-refractivity contribution in [2.24, 2.45) is 0 Å². The van der Waals surface area contributed by atoms with Crippen LogP contribution in [0.1, 0.15) is 40.0 Å². The van der Waals surface area contributed by atoms with E-state index >= 15 is 0 Å². The molecule has 84 valence electrons. The van der Waals surface area contributed by atoms with Crippen LogP contribution in [-0.4, -0.2) is 30.8 Å². The minimum atomic E-state index is -0.755. The Hall–Kier alpha value is -0.150. The minimum absolute atomic E-state index is 0.0129. The molecule has 1 aliphatic heterocycles. The van der Waals surface area contributed by atoms with Gasteiger partial charge in [0.1, 0.15) is 6.17 Å². The lowest BCUT2D eigenvalue weighted by Gasteiger charge is -2.29. The normalized spacial score (nSPS) is 26.1. The second-order valence-electron chi connectivity index (χ2n) is 5.20. The molecule has 0 radical (unpaired) electrons. The zero-order chi connectivity index (χ0) is 10.6. The quantitative estimate of drug-likeness (QED) is 0.730. The summed E-state index contributed by atoms with van der Waals surface area (Å²) in [6, 6.07) is 0.0681. The van der Waals surface area contributed by atoms with Gasteiger partial charge < -0.3 is 10.6 Å². The minimum Gasteiger partial charge on any atom is -0.311 e. The van der Waals surface area contributed by atoms with Crippen LogP contribution in [0.15, 0.2) is 0 Å². The molecule has 0 amide bonds. The lowest BCUT2D eigenvalue weighted by Crippen LogP contribution is -2.48. The summed E-state index contributed by atoms with van der Waals surface area (Å²) >= 11 is 0. The van der Waals surface area contributed by atoms with E-state index in [-0.39, 0.29) is 11.6 Å². The monoisotopic (exact) mass is 202 g/mol. The smallest absolute Gasteiger partial charge is 0.128 e. The van der Waals surface area contributed by atoms with Gasteiger partial charge in [0.15, 0.2) is 0 Å². The van der Waals surface area contributed by atoms with Crippen molar-refractivity contribution in [2.75, 3.05) is 13.1 Å². The van der Waals surface area contributed by atoms with Gasteiger partial charge >= 0.3 is 0 Å². The molecule has 1 aliphatic rings. The standard InChI is InChI=1S/C11H23FN2/c1-11(2,3)14-8-9(12)10-6-4-5-7-13-10/h9-10,13-14H,4-8H2,1-3H3. The van der Waals surface area contributed by atoms with E-state index in [4.69, 9.17) is 0 Å². The van der Waals surface area contributed by atoms with Crippen molar-refractivity contribution in [3.63, 3.8) is 0 Å². The van der Waals surface area contributed by atoms with Crippen molar-refractivity contribution < 1.29 is 4.39 Å². The fourth-order valence-electron chi connectivity index (χ4n) is 1.73. The second kappa shape index (κ2) is 5.08. The summed E-state index contributed by atoms with van der Waals surface area (Å²) in [6.07, 6.45) is 2.57. The van der Waals surface area contributed by atoms with Crippen molar-refractivity contribution in [2.45, 2.75) is 57.8 Å². The highest BCUT2D eigenvalue weighted by Gasteiger charge is 2.23. The molecule has 1 saturated heterocycles. The highest BCUT2D eigenvalue weighted by Crippen LogP contribution is 2.13. The van der Waals surface area contributed by atoms with Crippen molar-refractivity contribution in [1.29, 1.82) is 0 Å². The number of halogens is 1. The third-order valence-electron chi connectivity index (χ3n) is 2.61. The van der Waals surface area contributed by atoms with Gasteiger partial charge in [-0.05, 0) is 40.2 Å². The topological polar surface area (TPSA) is 24.1 Å². The molecule has 0 bridgehead atoms. The Morgan fingerprint density at radius 2 is 2.14 bits per heavy atom. The fourth-order valence-corrected chi connectivity index (χ4v) is 1.73. The van der Waals surface area contributed by atoms with Gasteiger partial charge in [-0.2, -0.15) is 0 Å². The van der Waals surface area contributed by atoms with E-state index in [0.717, 1.165) is 19.4 Å². The van der Waals surface area contributed by atoms with Crippen LogP contribution in [0.5, 0.6) is 0 Å². The summed E-state index contributed by atoms with van der Waals surface area (Å²) in [5.41, 5.74) is 0.0129. The zero-order valence-corrected chi connectivity index (χ0v) is 9.57. The molecule has 0 aromatic carbocycles. The Morgan fingerprint density at radius 3 is 2.64 bits per heavy atom. The summed E-state index contributed by atoms with van der Waals surface area (Å²) in [6.45, 7) is 7.62. The van der Waals surface area contributed by atoms with Crippen molar-refractivity contribution in [1.82, 2.24) is 10.6 Å². The van der Waals surface area contributed by atoms with Gasteiger partial charge in [-0.25, -0.2) is 4.39 Å². The molecule has 2 N–H and O–H groups in total. The largest absolute Gasteiger partial charge is 0.311 e. The number of hydrogen-bond acceptors (Lipinski definition) is 2. The summed E-state index contributed by atoms with van der Waals surface area (Å²) < 4.78 is 13.7. The zero-order valence-electron chi connectivity index (χ0n) is 9.57. The molecule has 2 unspecified atom stereocenters. The van der Waals surface area contributed by atoms with Gasteiger partial charge in [-0.1, -0.05) is 6.42 Å². The number of alkyl halides is 1. The summed E-state index contributed by atoms with van der Waals surface area (Å²) in [5.74, 6) is 0. The Labute approximate surface area is 86.6 Å². The number of piperidine rings is 1. The molecule has 0 aromatic rings. The van der Waals surface area contributed by atoms with Crippen LogP contribution >= 0.6 is 0 Å². The first-order chi connectivity index (χ1) is 6.49. The Bertz CT molecular complexity index is 159. The summed E-state index contributed by atoms with van der Waals surface area (Å²) in [4.78, 5) is 0. The fraction of sp³-hybridized carbons (Fsp3) is 1.00. The van der Waals surface area contributed by atoms with Crippen LogP contribution in [0, 0.1) is 0 Å². The summed E-state index contributed by atoms with van der Waals surface area (Å²) in [5, 5.41) is 6.44. The average Bonchev–Trinajstić information content (AvgIpc) is 2.14. The maximum atomic E-state index is 13.7.